The van der Waals surface area contributed by atoms with E-state index < -0.39 is 0 Å². The number of halogens is 2. The van der Waals surface area contributed by atoms with Crippen molar-refractivity contribution >= 4 is 17.3 Å². The molecule has 4 heteroatoms. The Balaban J connectivity index is 2.10. The van der Waals surface area contributed by atoms with Crippen LogP contribution in [-0.2, 0) is 6.54 Å². The first-order valence-electron chi connectivity index (χ1n) is 5.24. The Morgan fingerprint density at radius 1 is 1.35 bits per heavy atom. The Morgan fingerprint density at radius 2 is 2.18 bits per heavy atom. The van der Waals surface area contributed by atoms with Crippen LogP contribution in [0.15, 0.2) is 36.7 Å². The number of benzene rings is 1. The van der Waals surface area contributed by atoms with Crippen LogP contribution in [0.3, 0.4) is 0 Å². The lowest BCUT2D eigenvalue weighted by Gasteiger charge is -2.08. The molecule has 0 fully saturated rings. The molecular formula is C13H12ClFN2. The molecule has 0 amide bonds. The van der Waals surface area contributed by atoms with E-state index in [0.29, 0.717) is 17.3 Å². The van der Waals surface area contributed by atoms with E-state index >= 15 is 0 Å². The number of pyridine rings is 1. The maximum atomic E-state index is 13.1. The van der Waals surface area contributed by atoms with Crippen molar-refractivity contribution in [3.05, 3.63) is 58.6 Å². The summed E-state index contributed by atoms with van der Waals surface area (Å²) in [6, 6.07) is 6.32. The largest absolute Gasteiger partial charge is 0.381 e. The van der Waals surface area contributed by atoms with E-state index in [1.54, 1.807) is 18.5 Å². The summed E-state index contributed by atoms with van der Waals surface area (Å²) in [5, 5.41) is 3.50. The highest BCUT2D eigenvalue weighted by molar-refractivity contribution is 6.30. The fourth-order valence-corrected chi connectivity index (χ4v) is 1.76. The van der Waals surface area contributed by atoms with E-state index in [0.717, 1.165) is 11.1 Å². The molecule has 1 aromatic carbocycles. The normalized spacial score (nSPS) is 10.3. The molecular weight excluding hydrogens is 239 g/mol. The van der Waals surface area contributed by atoms with Crippen molar-refractivity contribution < 1.29 is 4.39 Å². The molecule has 0 radical (unpaired) electrons. The number of aryl methyl sites for hydroxylation is 1. The maximum Gasteiger partial charge on any atom is 0.126 e. The monoisotopic (exact) mass is 250 g/mol. The number of nitrogens with zero attached hydrogens (tertiary/aromatic N) is 1. The van der Waals surface area contributed by atoms with Gasteiger partial charge in [0.15, 0.2) is 0 Å². The van der Waals surface area contributed by atoms with E-state index in [1.807, 2.05) is 13.0 Å². The van der Waals surface area contributed by atoms with Crippen molar-refractivity contribution in [1.29, 1.82) is 0 Å². The van der Waals surface area contributed by atoms with Crippen molar-refractivity contribution in [1.82, 2.24) is 4.98 Å². The molecule has 0 bridgehead atoms. The molecule has 0 aliphatic rings. The molecule has 0 aliphatic carbocycles. The number of aromatic nitrogens is 1. The number of hydrogen-bond donors (Lipinski definition) is 1. The van der Waals surface area contributed by atoms with E-state index in [2.05, 4.69) is 10.3 Å². The molecule has 2 rings (SSSR count). The summed E-state index contributed by atoms with van der Waals surface area (Å²) in [6.45, 7) is 2.61. The molecule has 0 saturated carbocycles. The van der Waals surface area contributed by atoms with Crippen LogP contribution in [0.5, 0.6) is 0 Å². The maximum absolute atomic E-state index is 13.1. The van der Waals surface area contributed by atoms with Gasteiger partial charge in [0, 0.05) is 29.6 Å². The number of anilines is 1. The van der Waals surface area contributed by atoms with Crippen LogP contribution in [0, 0.1) is 12.7 Å². The van der Waals surface area contributed by atoms with Gasteiger partial charge in [0.25, 0.3) is 0 Å². The van der Waals surface area contributed by atoms with Gasteiger partial charge in [0.2, 0.25) is 0 Å². The molecule has 2 aromatic rings. The second-order valence-corrected chi connectivity index (χ2v) is 4.25. The molecule has 0 unspecified atom stereocenters. The third kappa shape index (κ3) is 3.17. The Kier molecular flexibility index (Phi) is 3.59. The lowest BCUT2D eigenvalue weighted by molar-refractivity contribution is 0.628. The topological polar surface area (TPSA) is 24.9 Å². The van der Waals surface area contributed by atoms with Crippen LogP contribution >= 0.6 is 11.6 Å². The van der Waals surface area contributed by atoms with Crippen molar-refractivity contribution in [2.45, 2.75) is 13.5 Å². The summed E-state index contributed by atoms with van der Waals surface area (Å²) in [7, 11) is 0. The first-order valence-corrected chi connectivity index (χ1v) is 5.62. The van der Waals surface area contributed by atoms with Crippen LogP contribution in [0.2, 0.25) is 5.02 Å². The summed E-state index contributed by atoms with van der Waals surface area (Å²) in [4.78, 5) is 4.05. The predicted octanol–water partition coefficient (Wildman–Crippen LogP) is 3.79. The number of hydrogen-bond acceptors (Lipinski definition) is 2. The Bertz CT molecular complexity index is 508. The van der Waals surface area contributed by atoms with E-state index in [-0.39, 0.29) is 5.82 Å². The van der Waals surface area contributed by atoms with Crippen LogP contribution in [0.4, 0.5) is 10.1 Å². The van der Waals surface area contributed by atoms with E-state index in [9.17, 15) is 4.39 Å². The van der Waals surface area contributed by atoms with Gasteiger partial charge in [-0.1, -0.05) is 11.6 Å². The average Bonchev–Trinajstić information content (AvgIpc) is 2.27. The minimum atomic E-state index is -0.345. The molecule has 2 nitrogen and oxygen atoms in total. The molecule has 0 aliphatic heterocycles. The van der Waals surface area contributed by atoms with E-state index in [4.69, 9.17) is 11.6 Å². The Hall–Kier alpha value is -1.61. The second kappa shape index (κ2) is 5.15. The summed E-state index contributed by atoms with van der Waals surface area (Å²) >= 11 is 5.77. The van der Waals surface area contributed by atoms with Gasteiger partial charge in [-0.25, -0.2) is 4.39 Å². The Labute approximate surface area is 104 Å². The zero-order chi connectivity index (χ0) is 12.3. The highest BCUT2D eigenvalue weighted by Crippen LogP contribution is 2.19. The quantitative estimate of drug-likeness (QED) is 0.896. The SMILES string of the molecule is Cc1ccncc1CNc1cc(F)cc(Cl)c1. The zero-order valence-corrected chi connectivity index (χ0v) is 10.1. The third-order valence-corrected chi connectivity index (χ3v) is 2.71. The summed E-state index contributed by atoms with van der Waals surface area (Å²) in [5.41, 5.74) is 2.89. The molecule has 17 heavy (non-hydrogen) atoms. The third-order valence-electron chi connectivity index (χ3n) is 2.49. The van der Waals surface area contributed by atoms with Crippen molar-refractivity contribution in [3.63, 3.8) is 0 Å². The minimum absolute atomic E-state index is 0.345. The van der Waals surface area contributed by atoms with Crippen molar-refractivity contribution in [3.8, 4) is 0 Å². The lowest BCUT2D eigenvalue weighted by Crippen LogP contribution is -2.02. The molecule has 88 valence electrons. The van der Waals surface area contributed by atoms with Crippen LogP contribution in [-0.4, -0.2) is 4.98 Å². The summed E-state index contributed by atoms with van der Waals surface area (Å²) in [6.07, 6.45) is 3.54. The summed E-state index contributed by atoms with van der Waals surface area (Å²) < 4.78 is 13.1. The van der Waals surface area contributed by atoms with Gasteiger partial charge in [0.05, 0.1) is 0 Å². The van der Waals surface area contributed by atoms with Gasteiger partial charge in [-0.2, -0.15) is 0 Å². The highest BCUT2D eigenvalue weighted by atomic mass is 35.5. The molecule has 0 spiro atoms. The van der Waals surface area contributed by atoms with E-state index in [1.165, 1.54) is 12.1 Å². The number of rotatable bonds is 3. The molecule has 1 heterocycles. The summed E-state index contributed by atoms with van der Waals surface area (Å²) in [5.74, 6) is -0.345. The molecule has 1 N–H and O–H groups in total. The van der Waals surface area contributed by atoms with Gasteiger partial charge in [-0.15, -0.1) is 0 Å². The molecule has 0 atom stereocenters. The smallest absolute Gasteiger partial charge is 0.126 e. The van der Waals surface area contributed by atoms with Crippen molar-refractivity contribution in [2.24, 2.45) is 0 Å². The van der Waals surface area contributed by atoms with Gasteiger partial charge >= 0.3 is 0 Å². The van der Waals surface area contributed by atoms with Crippen molar-refractivity contribution in [2.75, 3.05) is 5.32 Å². The molecule has 0 saturated heterocycles. The van der Waals surface area contributed by atoms with Gasteiger partial charge < -0.3 is 5.32 Å². The predicted molar refractivity (Wildman–Crippen MR) is 67.7 cm³/mol. The minimum Gasteiger partial charge on any atom is -0.381 e. The van der Waals surface area contributed by atoms with Crippen LogP contribution in [0.25, 0.3) is 0 Å². The fourth-order valence-electron chi connectivity index (χ4n) is 1.53. The second-order valence-electron chi connectivity index (χ2n) is 3.81. The van der Waals surface area contributed by atoms with Gasteiger partial charge in [0.1, 0.15) is 5.82 Å². The van der Waals surface area contributed by atoms with Crippen LogP contribution in [0.1, 0.15) is 11.1 Å². The fraction of sp³-hybridized carbons (Fsp3) is 0.154. The van der Waals surface area contributed by atoms with Crippen LogP contribution < -0.4 is 5.32 Å². The molecule has 1 aromatic heterocycles. The zero-order valence-electron chi connectivity index (χ0n) is 9.37. The first kappa shape index (κ1) is 11.9. The first-order chi connectivity index (χ1) is 8.15. The number of nitrogens with one attached hydrogen (secondary N) is 1. The highest BCUT2D eigenvalue weighted by Gasteiger charge is 2.01. The van der Waals surface area contributed by atoms with Gasteiger partial charge in [-0.3, -0.25) is 4.98 Å². The van der Waals surface area contributed by atoms with Gasteiger partial charge in [-0.05, 0) is 42.3 Å². The Morgan fingerprint density at radius 3 is 2.88 bits per heavy atom. The lowest BCUT2D eigenvalue weighted by atomic mass is 10.1. The average molecular weight is 251 g/mol. The standard InChI is InChI=1S/C13H12ClFN2/c1-9-2-3-16-7-10(9)8-17-13-5-11(14)4-12(15)6-13/h2-7,17H,8H2,1H3.